The number of rotatable bonds is 9. The number of carbonyl (C=O) groups is 2. The lowest BCUT2D eigenvalue weighted by atomic mass is 9.89. The summed E-state index contributed by atoms with van der Waals surface area (Å²) in [7, 11) is 0. The van der Waals surface area contributed by atoms with Gasteiger partial charge in [0.25, 0.3) is 5.91 Å². The Labute approximate surface area is 143 Å². The molecule has 1 aliphatic rings. The molecular formula is C19H28N2O3. The van der Waals surface area contributed by atoms with Crippen LogP contribution in [0.25, 0.3) is 0 Å². The fraction of sp³-hybridized carbons (Fsp3) is 0.579. The van der Waals surface area contributed by atoms with Crippen LogP contribution in [0.1, 0.15) is 69.2 Å². The molecule has 24 heavy (non-hydrogen) atoms. The van der Waals surface area contributed by atoms with E-state index in [1.807, 2.05) is 13.8 Å². The zero-order valence-corrected chi connectivity index (χ0v) is 14.6. The van der Waals surface area contributed by atoms with E-state index >= 15 is 0 Å². The van der Waals surface area contributed by atoms with E-state index in [1.54, 1.807) is 24.3 Å². The number of nitrogens with one attached hydrogen (secondary N) is 2. The number of aliphatic hydroxyl groups is 1. The molecule has 0 bridgehead atoms. The van der Waals surface area contributed by atoms with Gasteiger partial charge in [-0.05, 0) is 49.9 Å². The van der Waals surface area contributed by atoms with Crippen molar-refractivity contribution in [3.05, 3.63) is 29.8 Å². The predicted molar refractivity (Wildman–Crippen MR) is 94.9 cm³/mol. The van der Waals surface area contributed by atoms with Crippen LogP contribution < -0.4 is 10.6 Å². The number of amides is 2. The molecule has 5 heteroatoms. The van der Waals surface area contributed by atoms with Crippen LogP contribution in [-0.4, -0.2) is 28.6 Å². The number of hydrogen-bond acceptors (Lipinski definition) is 3. The summed E-state index contributed by atoms with van der Waals surface area (Å²) in [6, 6.07) is 7.18. The van der Waals surface area contributed by atoms with Gasteiger partial charge in [-0.25, -0.2) is 0 Å². The second kappa shape index (κ2) is 8.29. The molecule has 0 unspecified atom stereocenters. The van der Waals surface area contributed by atoms with Gasteiger partial charge in [0.1, 0.15) is 0 Å². The van der Waals surface area contributed by atoms with Gasteiger partial charge in [-0.15, -0.1) is 0 Å². The molecule has 5 nitrogen and oxygen atoms in total. The molecule has 2 amide bonds. The quantitative estimate of drug-likeness (QED) is 0.649. The fourth-order valence-electron chi connectivity index (χ4n) is 2.94. The molecule has 0 heterocycles. The van der Waals surface area contributed by atoms with Crippen molar-refractivity contribution >= 4 is 17.5 Å². The maximum Gasteiger partial charge on any atom is 0.251 e. The van der Waals surface area contributed by atoms with Gasteiger partial charge in [-0.2, -0.15) is 0 Å². The number of carbonyl (C=O) groups excluding carboxylic acids is 2. The molecule has 1 fully saturated rings. The molecule has 3 N–H and O–H groups in total. The third-order valence-electron chi connectivity index (χ3n) is 4.26. The van der Waals surface area contributed by atoms with E-state index in [0.29, 0.717) is 30.1 Å². The Morgan fingerprint density at radius 2 is 1.71 bits per heavy atom. The predicted octanol–water partition coefficient (Wildman–Crippen LogP) is 3.24. The van der Waals surface area contributed by atoms with Crippen LogP contribution in [-0.2, 0) is 4.79 Å². The van der Waals surface area contributed by atoms with Gasteiger partial charge in [0.15, 0.2) is 0 Å². The Hall–Kier alpha value is -1.88. The van der Waals surface area contributed by atoms with E-state index in [4.69, 9.17) is 0 Å². The summed E-state index contributed by atoms with van der Waals surface area (Å²) >= 11 is 0. The smallest absolute Gasteiger partial charge is 0.251 e. The van der Waals surface area contributed by atoms with Gasteiger partial charge in [0.2, 0.25) is 5.91 Å². The van der Waals surface area contributed by atoms with Crippen LogP contribution in [0.2, 0.25) is 0 Å². The van der Waals surface area contributed by atoms with Crippen molar-refractivity contribution < 1.29 is 14.7 Å². The SMILES string of the molecule is CCCC(O)(CCC)CC(=O)Nc1ccc(C(=O)NC2CC2)cc1. The number of hydrogen-bond donors (Lipinski definition) is 3. The van der Waals surface area contributed by atoms with E-state index in [1.165, 1.54) is 0 Å². The van der Waals surface area contributed by atoms with Crippen LogP contribution in [0.5, 0.6) is 0 Å². The first kappa shape index (κ1) is 18.5. The Balaban J connectivity index is 1.89. The highest BCUT2D eigenvalue weighted by molar-refractivity contribution is 5.96. The van der Waals surface area contributed by atoms with Crippen LogP contribution >= 0.6 is 0 Å². The lowest BCUT2D eigenvalue weighted by Crippen LogP contribution is -2.33. The minimum absolute atomic E-state index is 0.0735. The average molecular weight is 332 g/mol. The van der Waals surface area contributed by atoms with E-state index < -0.39 is 5.60 Å². The van der Waals surface area contributed by atoms with Crippen molar-refractivity contribution in [2.24, 2.45) is 0 Å². The second-order valence-electron chi connectivity index (χ2n) is 6.77. The molecule has 0 aliphatic heterocycles. The van der Waals surface area contributed by atoms with Crippen LogP contribution in [0.15, 0.2) is 24.3 Å². The van der Waals surface area contributed by atoms with Crippen LogP contribution in [0.3, 0.4) is 0 Å². The van der Waals surface area contributed by atoms with Crippen molar-refractivity contribution in [2.45, 2.75) is 70.4 Å². The summed E-state index contributed by atoms with van der Waals surface area (Å²) < 4.78 is 0. The molecule has 1 aromatic rings. The molecule has 0 saturated heterocycles. The molecule has 0 atom stereocenters. The summed E-state index contributed by atoms with van der Waals surface area (Å²) in [6.45, 7) is 4.01. The average Bonchev–Trinajstić information content (AvgIpc) is 3.32. The Bertz CT molecular complexity index is 558. The van der Waals surface area contributed by atoms with Gasteiger partial charge in [-0.1, -0.05) is 26.7 Å². The third kappa shape index (κ3) is 5.64. The monoisotopic (exact) mass is 332 g/mol. The largest absolute Gasteiger partial charge is 0.389 e. The third-order valence-corrected chi connectivity index (χ3v) is 4.26. The highest BCUT2D eigenvalue weighted by Crippen LogP contribution is 2.24. The van der Waals surface area contributed by atoms with Gasteiger partial charge in [-0.3, -0.25) is 9.59 Å². The molecule has 1 aliphatic carbocycles. The summed E-state index contributed by atoms with van der Waals surface area (Å²) in [5.41, 5.74) is 0.296. The van der Waals surface area contributed by atoms with Gasteiger partial charge >= 0.3 is 0 Å². The first-order chi connectivity index (χ1) is 11.5. The highest BCUT2D eigenvalue weighted by Gasteiger charge is 2.28. The zero-order chi connectivity index (χ0) is 17.6. The molecule has 1 aromatic carbocycles. The molecular weight excluding hydrogens is 304 g/mol. The molecule has 132 valence electrons. The molecule has 0 spiro atoms. The fourth-order valence-corrected chi connectivity index (χ4v) is 2.94. The summed E-state index contributed by atoms with van der Waals surface area (Å²) in [4.78, 5) is 24.1. The summed E-state index contributed by atoms with van der Waals surface area (Å²) in [6.07, 6.45) is 5.13. The van der Waals surface area contributed by atoms with Gasteiger partial charge in [0, 0.05) is 17.3 Å². The molecule has 2 rings (SSSR count). The van der Waals surface area contributed by atoms with E-state index in [2.05, 4.69) is 10.6 Å². The van der Waals surface area contributed by atoms with Crippen molar-refractivity contribution in [3.63, 3.8) is 0 Å². The minimum Gasteiger partial charge on any atom is -0.389 e. The summed E-state index contributed by atoms with van der Waals surface area (Å²) in [5.74, 6) is -0.273. The van der Waals surface area contributed by atoms with Crippen LogP contribution in [0.4, 0.5) is 5.69 Å². The van der Waals surface area contributed by atoms with Crippen molar-refractivity contribution in [1.82, 2.24) is 5.32 Å². The molecule has 1 saturated carbocycles. The number of anilines is 1. The Morgan fingerprint density at radius 3 is 2.21 bits per heavy atom. The van der Waals surface area contributed by atoms with E-state index in [9.17, 15) is 14.7 Å². The number of benzene rings is 1. The molecule has 0 aromatic heterocycles. The van der Waals surface area contributed by atoms with Crippen molar-refractivity contribution in [3.8, 4) is 0 Å². The molecule has 0 radical (unpaired) electrons. The van der Waals surface area contributed by atoms with Gasteiger partial charge in [0.05, 0.1) is 12.0 Å². The normalized spacial score (nSPS) is 14.3. The zero-order valence-electron chi connectivity index (χ0n) is 14.6. The van der Waals surface area contributed by atoms with E-state index in [0.717, 1.165) is 25.7 Å². The standard InChI is InChI=1S/C19H28N2O3/c1-3-11-19(24,12-4-2)13-17(22)20-15-7-5-14(6-8-15)18(23)21-16-9-10-16/h5-8,16,24H,3-4,9-13H2,1-2H3,(H,20,22)(H,21,23). The second-order valence-corrected chi connectivity index (χ2v) is 6.77. The van der Waals surface area contributed by atoms with Gasteiger partial charge < -0.3 is 15.7 Å². The summed E-state index contributed by atoms with van der Waals surface area (Å²) in [5, 5.41) is 16.3. The Kier molecular flexibility index (Phi) is 6.37. The van der Waals surface area contributed by atoms with E-state index in [-0.39, 0.29) is 18.2 Å². The first-order valence-corrected chi connectivity index (χ1v) is 8.89. The lowest BCUT2D eigenvalue weighted by molar-refractivity contribution is -0.121. The Morgan fingerprint density at radius 1 is 1.12 bits per heavy atom. The maximum atomic E-state index is 12.2. The maximum absolute atomic E-state index is 12.2. The van der Waals surface area contributed by atoms with Crippen LogP contribution in [0, 0.1) is 0 Å². The first-order valence-electron chi connectivity index (χ1n) is 8.89. The highest BCUT2D eigenvalue weighted by atomic mass is 16.3. The minimum atomic E-state index is -0.933. The topological polar surface area (TPSA) is 78.4 Å². The van der Waals surface area contributed by atoms with Crippen molar-refractivity contribution in [1.29, 1.82) is 0 Å². The lowest BCUT2D eigenvalue weighted by Gasteiger charge is -2.26. The van der Waals surface area contributed by atoms with Crippen molar-refractivity contribution in [2.75, 3.05) is 5.32 Å².